The number of thiophene rings is 1. The molecule has 1 aliphatic carbocycles. The molecule has 1 amide bonds. The minimum Gasteiger partial charge on any atom is -0.319 e. The highest BCUT2D eigenvalue weighted by atomic mass is 32.1. The standard InChI is InChI=1S/C22H19FN2OS/c23-17-11-5-6-12-18(17)25-21(26)20-16-10-4-7-13-19(16)27-22(20)24-14-15-8-2-1-3-9-15/h1-3,5-6,8-9,11-12,14H,4,7,10,13H2,(H,25,26)/b24-14+. The van der Waals surface area contributed by atoms with Gasteiger partial charge in [0.05, 0.1) is 11.3 Å². The van der Waals surface area contributed by atoms with E-state index < -0.39 is 5.82 Å². The van der Waals surface area contributed by atoms with Crippen molar-refractivity contribution in [3.05, 3.63) is 82.0 Å². The first-order chi connectivity index (χ1) is 13.2. The van der Waals surface area contributed by atoms with Crippen molar-refractivity contribution in [2.75, 3.05) is 5.32 Å². The Labute approximate surface area is 161 Å². The topological polar surface area (TPSA) is 41.5 Å². The van der Waals surface area contributed by atoms with Crippen molar-refractivity contribution >= 4 is 34.1 Å². The van der Waals surface area contributed by atoms with E-state index in [1.807, 2.05) is 30.3 Å². The van der Waals surface area contributed by atoms with Crippen molar-refractivity contribution < 1.29 is 9.18 Å². The summed E-state index contributed by atoms with van der Waals surface area (Å²) in [6.07, 6.45) is 5.81. The van der Waals surface area contributed by atoms with Gasteiger partial charge in [0.1, 0.15) is 10.8 Å². The van der Waals surface area contributed by atoms with Gasteiger partial charge in [0.25, 0.3) is 5.91 Å². The van der Waals surface area contributed by atoms with Crippen LogP contribution in [0.1, 0.15) is 39.2 Å². The monoisotopic (exact) mass is 378 g/mol. The van der Waals surface area contributed by atoms with Crippen molar-refractivity contribution in [1.29, 1.82) is 0 Å². The second kappa shape index (κ2) is 7.84. The van der Waals surface area contributed by atoms with Crippen molar-refractivity contribution in [3.63, 3.8) is 0 Å². The van der Waals surface area contributed by atoms with E-state index in [-0.39, 0.29) is 11.6 Å². The van der Waals surface area contributed by atoms with Crippen LogP contribution in [-0.4, -0.2) is 12.1 Å². The molecule has 27 heavy (non-hydrogen) atoms. The van der Waals surface area contributed by atoms with Gasteiger partial charge in [-0.15, -0.1) is 11.3 Å². The van der Waals surface area contributed by atoms with Crippen molar-refractivity contribution in [1.82, 2.24) is 0 Å². The number of para-hydroxylation sites is 1. The third-order valence-corrected chi connectivity index (χ3v) is 5.83. The molecule has 0 aliphatic heterocycles. The normalized spacial score (nSPS) is 13.5. The molecular formula is C22H19FN2OS. The smallest absolute Gasteiger partial charge is 0.259 e. The molecule has 1 heterocycles. The van der Waals surface area contributed by atoms with Gasteiger partial charge in [0, 0.05) is 11.1 Å². The summed E-state index contributed by atoms with van der Waals surface area (Å²) < 4.78 is 14.0. The van der Waals surface area contributed by atoms with E-state index in [4.69, 9.17) is 0 Å². The lowest BCUT2D eigenvalue weighted by Gasteiger charge is -2.13. The summed E-state index contributed by atoms with van der Waals surface area (Å²) in [4.78, 5) is 18.8. The molecule has 0 atom stereocenters. The highest BCUT2D eigenvalue weighted by Gasteiger charge is 2.25. The highest BCUT2D eigenvalue weighted by Crippen LogP contribution is 2.40. The number of fused-ring (bicyclic) bond motifs is 1. The number of benzene rings is 2. The molecule has 4 rings (SSSR count). The number of nitrogens with one attached hydrogen (secondary N) is 1. The van der Waals surface area contributed by atoms with Gasteiger partial charge in [-0.05, 0) is 48.9 Å². The van der Waals surface area contributed by atoms with Crippen LogP contribution in [-0.2, 0) is 12.8 Å². The summed E-state index contributed by atoms with van der Waals surface area (Å²) >= 11 is 1.57. The van der Waals surface area contributed by atoms with E-state index in [0.717, 1.165) is 36.8 Å². The second-order valence-corrected chi connectivity index (χ2v) is 7.58. The Morgan fingerprint density at radius 3 is 2.59 bits per heavy atom. The van der Waals surface area contributed by atoms with Gasteiger partial charge in [-0.1, -0.05) is 42.5 Å². The highest BCUT2D eigenvalue weighted by molar-refractivity contribution is 7.16. The molecule has 2 aromatic carbocycles. The molecule has 136 valence electrons. The molecule has 0 spiro atoms. The number of amides is 1. The van der Waals surface area contributed by atoms with Crippen molar-refractivity contribution in [2.24, 2.45) is 4.99 Å². The van der Waals surface area contributed by atoms with Gasteiger partial charge in [0.15, 0.2) is 0 Å². The lowest BCUT2D eigenvalue weighted by atomic mass is 9.95. The molecule has 1 aromatic heterocycles. The zero-order chi connectivity index (χ0) is 18.6. The molecule has 0 bridgehead atoms. The Hall–Kier alpha value is -2.79. The van der Waals surface area contributed by atoms with E-state index in [1.54, 1.807) is 35.8 Å². The van der Waals surface area contributed by atoms with Crippen LogP contribution in [0, 0.1) is 5.82 Å². The van der Waals surface area contributed by atoms with Crippen LogP contribution in [0.3, 0.4) is 0 Å². The molecule has 3 nitrogen and oxygen atoms in total. The maximum atomic E-state index is 14.0. The van der Waals surface area contributed by atoms with Gasteiger partial charge >= 0.3 is 0 Å². The number of hydrogen-bond donors (Lipinski definition) is 1. The van der Waals surface area contributed by atoms with Crippen LogP contribution >= 0.6 is 11.3 Å². The van der Waals surface area contributed by atoms with Gasteiger partial charge in [-0.2, -0.15) is 0 Å². The largest absolute Gasteiger partial charge is 0.319 e. The maximum Gasteiger partial charge on any atom is 0.259 e. The van der Waals surface area contributed by atoms with Gasteiger partial charge in [-0.25, -0.2) is 9.38 Å². The van der Waals surface area contributed by atoms with Crippen LogP contribution in [0.4, 0.5) is 15.1 Å². The Morgan fingerprint density at radius 2 is 1.78 bits per heavy atom. The number of carbonyl (C=O) groups is 1. The number of nitrogens with zero attached hydrogens (tertiary/aromatic N) is 1. The van der Waals surface area contributed by atoms with Crippen molar-refractivity contribution in [3.8, 4) is 0 Å². The average Bonchev–Trinajstić information content (AvgIpc) is 3.07. The minimum absolute atomic E-state index is 0.191. The molecule has 0 radical (unpaired) electrons. The fourth-order valence-electron chi connectivity index (χ4n) is 3.30. The zero-order valence-electron chi connectivity index (χ0n) is 14.7. The fourth-order valence-corrected chi connectivity index (χ4v) is 4.53. The summed E-state index contributed by atoms with van der Waals surface area (Å²) in [6, 6.07) is 16.0. The molecule has 0 unspecified atom stereocenters. The molecular weight excluding hydrogens is 359 g/mol. The van der Waals surface area contributed by atoms with E-state index in [9.17, 15) is 9.18 Å². The van der Waals surface area contributed by atoms with Crippen LogP contribution in [0.2, 0.25) is 0 Å². The Balaban J connectivity index is 1.70. The maximum absolute atomic E-state index is 14.0. The molecule has 0 saturated heterocycles. The molecule has 1 N–H and O–H groups in total. The van der Waals surface area contributed by atoms with Crippen molar-refractivity contribution in [2.45, 2.75) is 25.7 Å². The van der Waals surface area contributed by atoms with Crippen LogP contribution in [0.5, 0.6) is 0 Å². The van der Waals surface area contributed by atoms with E-state index in [1.165, 1.54) is 10.9 Å². The van der Waals surface area contributed by atoms with E-state index >= 15 is 0 Å². The van der Waals surface area contributed by atoms with Crippen LogP contribution < -0.4 is 5.32 Å². The Bertz CT molecular complexity index is 995. The second-order valence-electron chi connectivity index (χ2n) is 6.49. The number of aryl methyl sites for hydroxylation is 1. The summed E-state index contributed by atoms with van der Waals surface area (Å²) in [5.74, 6) is -0.732. The third kappa shape index (κ3) is 3.83. The number of rotatable bonds is 4. The Kier molecular flexibility index (Phi) is 5.12. The van der Waals surface area contributed by atoms with Gasteiger partial charge < -0.3 is 5.32 Å². The lowest BCUT2D eigenvalue weighted by Crippen LogP contribution is -2.15. The molecule has 0 fully saturated rings. The first-order valence-corrected chi connectivity index (χ1v) is 9.83. The zero-order valence-corrected chi connectivity index (χ0v) is 15.6. The van der Waals surface area contributed by atoms with E-state index in [0.29, 0.717) is 10.6 Å². The summed E-state index contributed by atoms with van der Waals surface area (Å²) in [5.41, 5.74) is 2.83. The number of aliphatic imine (C=N–C) groups is 1. The summed E-state index contributed by atoms with van der Waals surface area (Å²) in [5, 5.41) is 3.41. The Morgan fingerprint density at radius 1 is 1.04 bits per heavy atom. The first-order valence-electron chi connectivity index (χ1n) is 9.02. The quantitative estimate of drug-likeness (QED) is 0.575. The predicted octanol–water partition coefficient (Wildman–Crippen LogP) is 5.77. The third-order valence-electron chi connectivity index (χ3n) is 4.63. The first kappa shape index (κ1) is 17.6. The lowest BCUT2D eigenvalue weighted by molar-refractivity contribution is 0.102. The van der Waals surface area contributed by atoms with Gasteiger partial charge in [0.2, 0.25) is 0 Å². The molecule has 1 aliphatic rings. The SMILES string of the molecule is O=C(Nc1ccccc1F)c1c(/N=C/c2ccccc2)sc2c1CCCC2. The van der Waals surface area contributed by atoms with Crippen LogP contribution in [0.15, 0.2) is 59.6 Å². The summed E-state index contributed by atoms with van der Waals surface area (Å²) in [7, 11) is 0. The molecule has 5 heteroatoms. The number of carbonyl (C=O) groups excluding carboxylic acids is 1. The number of anilines is 1. The number of halogens is 1. The molecule has 0 saturated carbocycles. The predicted molar refractivity (Wildman–Crippen MR) is 109 cm³/mol. The van der Waals surface area contributed by atoms with Crippen LogP contribution in [0.25, 0.3) is 0 Å². The molecule has 3 aromatic rings. The number of hydrogen-bond acceptors (Lipinski definition) is 3. The van der Waals surface area contributed by atoms with Gasteiger partial charge in [-0.3, -0.25) is 4.79 Å². The summed E-state index contributed by atoms with van der Waals surface area (Å²) in [6.45, 7) is 0. The average molecular weight is 378 g/mol. The van der Waals surface area contributed by atoms with E-state index in [2.05, 4.69) is 10.3 Å². The fraction of sp³-hybridized carbons (Fsp3) is 0.182. The minimum atomic E-state index is -0.440.